The summed E-state index contributed by atoms with van der Waals surface area (Å²) in [7, 11) is 5.14. The van der Waals surface area contributed by atoms with E-state index in [4.69, 9.17) is 19.2 Å². The predicted molar refractivity (Wildman–Crippen MR) is 105 cm³/mol. The second-order valence-electron chi connectivity index (χ2n) is 6.58. The molecule has 2 N–H and O–H groups in total. The molecule has 1 aromatic rings. The highest BCUT2D eigenvalue weighted by Gasteiger charge is 2.26. The minimum atomic E-state index is 0.353. The lowest BCUT2D eigenvalue weighted by Gasteiger charge is -2.17. The molecular weight excluding hydrogens is 330 g/mol. The van der Waals surface area contributed by atoms with Crippen LogP contribution in [0.1, 0.15) is 31.7 Å². The van der Waals surface area contributed by atoms with Crippen molar-refractivity contribution in [2.24, 2.45) is 10.9 Å². The van der Waals surface area contributed by atoms with Gasteiger partial charge in [-0.15, -0.1) is 0 Å². The minimum Gasteiger partial charge on any atom is -0.497 e. The van der Waals surface area contributed by atoms with E-state index in [1.54, 1.807) is 21.3 Å². The van der Waals surface area contributed by atoms with Crippen molar-refractivity contribution in [3.63, 3.8) is 0 Å². The number of hydrogen-bond donors (Lipinski definition) is 2. The van der Waals surface area contributed by atoms with E-state index in [0.29, 0.717) is 12.0 Å². The molecule has 1 aromatic carbocycles. The summed E-state index contributed by atoms with van der Waals surface area (Å²) in [6, 6.07) is 5.96. The first-order valence-corrected chi connectivity index (χ1v) is 9.47. The van der Waals surface area contributed by atoms with Crippen LogP contribution < -0.4 is 20.1 Å². The lowest BCUT2D eigenvalue weighted by Crippen LogP contribution is -2.39. The normalized spacial score (nSPS) is 20.1. The van der Waals surface area contributed by atoms with Crippen LogP contribution in [0.3, 0.4) is 0 Å². The summed E-state index contributed by atoms with van der Waals surface area (Å²) in [5, 5.41) is 6.74. The van der Waals surface area contributed by atoms with E-state index in [1.165, 1.54) is 18.4 Å². The summed E-state index contributed by atoms with van der Waals surface area (Å²) in [5.74, 6) is 3.01. The summed E-state index contributed by atoms with van der Waals surface area (Å²) in [6.45, 7) is 4.52. The van der Waals surface area contributed by atoms with Crippen molar-refractivity contribution >= 4 is 5.96 Å². The van der Waals surface area contributed by atoms with Gasteiger partial charge in [0.05, 0.1) is 20.3 Å². The van der Waals surface area contributed by atoms with Crippen LogP contribution in [0.2, 0.25) is 0 Å². The summed E-state index contributed by atoms with van der Waals surface area (Å²) < 4.78 is 16.2. The molecule has 0 aromatic heterocycles. The lowest BCUT2D eigenvalue weighted by atomic mass is 10.1. The molecule has 0 amide bonds. The molecule has 6 nitrogen and oxygen atoms in total. The summed E-state index contributed by atoms with van der Waals surface area (Å²) in [4.78, 5) is 4.76. The molecule has 0 spiro atoms. The average Bonchev–Trinajstić information content (AvgIpc) is 3.13. The highest BCUT2D eigenvalue weighted by molar-refractivity contribution is 5.79. The van der Waals surface area contributed by atoms with Gasteiger partial charge < -0.3 is 24.8 Å². The minimum absolute atomic E-state index is 0.353. The first-order valence-electron chi connectivity index (χ1n) is 9.47. The molecule has 0 bridgehead atoms. The Morgan fingerprint density at radius 2 is 1.81 bits per heavy atom. The van der Waals surface area contributed by atoms with Gasteiger partial charge in [0.15, 0.2) is 5.96 Å². The molecule has 146 valence electrons. The highest BCUT2D eigenvalue weighted by atomic mass is 16.5. The molecule has 0 saturated heterocycles. The van der Waals surface area contributed by atoms with E-state index < -0.39 is 0 Å². The number of rotatable bonds is 9. The molecule has 2 rings (SSSR count). The van der Waals surface area contributed by atoms with Crippen LogP contribution in [0.25, 0.3) is 0 Å². The van der Waals surface area contributed by atoms with Crippen molar-refractivity contribution in [2.45, 2.75) is 38.7 Å². The fourth-order valence-electron chi connectivity index (χ4n) is 3.41. The van der Waals surface area contributed by atoms with Crippen LogP contribution in [0.15, 0.2) is 23.2 Å². The van der Waals surface area contributed by atoms with E-state index in [9.17, 15) is 0 Å². The maximum atomic E-state index is 5.56. The van der Waals surface area contributed by atoms with Crippen LogP contribution in [-0.4, -0.2) is 53.0 Å². The van der Waals surface area contributed by atoms with Crippen molar-refractivity contribution in [1.29, 1.82) is 0 Å². The van der Waals surface area contributed by atoms with Gasteiger partial charge >= 0.3 is 0 Å². The molecule has 2 unspecified atom stereocenters. The van der Waals surface area contributed by atoms with E-state index in [2.05, 4.69) is 17.6 Å². The van der Waals surface area contributed by atoms with E-state index in [1.807, 2.05) is 18.2 Å². The van der Waals surface area contributed by atoms with Crippen LogP contribution in [0.4, 0.5) is 0 Å². The third-order valence-electron chi connectivity index (χ3n) is 4.84. The number of benzene rings is 1. The van der Waals surface area contributed by atoms with Gasteiger partial charge in [-0.25, -0.2) is 0 Å². The standard InChI is InChI=1S/C20H33N3O3/c1-5-21-20(23-14-16-7-6-8-19(16)26-4)22-10-9-15-11-17(24-2)13-18(12-15)25-3/h11-13,16,19H,5-10,14H2,1-4H3,(H2,21,22,23). The molecule has 0 heterocycles. The average molecular weight is 364 g/mol. The van der Waals surface area contributed by atoms with Gasteiger partial charge in [-0.2, -0.15) is 0 Å². The Morgan fingerprint density at radius 3 is 2.42 bits per heavy atom. The number of nitrogens with one attached hydrogen (secondary N) is 2. The summed E-state index contributed by atoms with van der Waals surface area (Å²) in [6.07, 6.45) is 4.80. The predicted octanol–water partition coefficient (Wildman–Crippen LogP) is 2.62. The van der Waals surface area contributed by atoms with Crippen molar-refractivity contribution in [2.75, 3.05) is 41.0 Å². The third kappa shape index (κ3) is 6.09. The van der Waals surface area contributed by atoms with E-state index in [0.717, 1.165) is 49.9 Å². The van der Waals surface area contributed by atoms with Gasteiger partial charge in [0.1, 0.15) is 11.5 Å². The maximum absolute atomic E-state index is 5.56. The molecule has 1 aliphatic carbocycles. The number of nitrogens with zero attached hydrogens (tertiary/aromatic N) is 1. The van der Waals surface area contributed by atoms with Crippen LogP contribution >= 0.6 is 0 Å². The Bertz CT molecular complexity index is 555. The zero-order valence-electron chi connectivity index (χ0n) is 16.5. The number of guanidine groups is 1. The zero-order valence-corrected chi connectivity index (χ0v) is 16.5. The molecule has 2 atom stereocenters. The Balaban J connectivity index is 1.89. The smallest absolute Gasteiger partial charge is 0.191 e. The largest absolute Gasteiger partial charge is 0.497 e. The van der Waals surface area contributed by atoms with E-state index >= 15 is 0 Å². The van der Waals surface area contributed by atoms with Gasteiger partial charge in [-0.05, 0) is 43.9 Å². The Labute approximate surface area is 157 Å². The highest BCUT2D eigenvalue weighted by Crippen LogP contribution is 2.28. The Kier molecular flexibility index (Phi) is 8.54. The third-order valence-corrected chi connectivity index (χ3v) is 4.84. The second-order valence-corrected chi connectivity index (χ2v) is 6.58. The maximum Gasteiger partial charge on any atom is 0.191 e. The fourth-order valence-corrected chi connectivity index (χ4v) is 3.41. The molecule has 6 heteroatoms. The Hall–Kier alpha value is -1.95. The monoisotopic (exact) mass is 363 g/mol. The Morgan fingerprint density at radius 1 is 1.08 bits per heavy atom. The molecule has 26 heavy (non-hydrogen) atoms. The topological polar surface area (TPSA) is 64.1 Å². The van der Waals surface area contributed by atoms with Crippen LogP contribution in [-0.2, 0) is 11.2 Å². The molecule has 1 saturated carbocycles. The van der Waals surface area contributed by atoms with Crippen molar-refractivity contribution in [3.05, 3.63) is 23.8 Å². The SMILES string of the molecule is CCNC(=NCC1CCCC1OC)NCCc1cc(OC)cc(OC)c1. The second kappa shape index (κ2) is 10.9. The fraction of sp³-hybridized carbons (Fsp3) is 0.650. The van der Waals surface area contributed by atoms with E-state index in [-0.39, 0.29) is 0 Å². The van der Waals surface area contributed by atoms with Crippen LogP contribution in [0.5, 0.6) is 11.5 Å². The van der Waals surface area contributed by atoms with Crippen LogP contribution in [0, 0.1) is 5.92 Å². The summed E-state index contributed by atoms with van der Waals surface area (Å²) in [5.41, 5.74) is 1.17. The first kappa shape index (κ1) is 20.4. The van der Waals surface area contributed by atoms with Gasteiger partial charge in [0, 0.05) is 38.7 Å². The van der Waals surface area contributed by atoms with Crippen molar-refractivity contribution in [1.82, 2.24) is 10.6 Å². The van der Waals surface area contributed by atoms with Crippen molar-refractivity contribution < 1.29 is 14.2 Å². The quantitative estimate of drug-likeness (QED) is 0.522. The summed E-state index contributed by atoms with van der Waals surface area (Å²) >= 11 is 0. The number of aliphatic imine (C=N–C) groups is 1. The number of methoxy groups -OCH3 is 3. The first-order chi connectivity index (χ1) is 12.7. The number of hydrogen-bond acceptors (Lipinski definition) is 4. The zero-order chi connectivity index (χ0) is 18.8. The number of ether oxygens (including phenoxy) is 3. The van der Waals surface area contributed by atoms with Gasteiger partial charge in [-0.3, -0.25) is 4.99 Å². The van der Waals surface area contributed by atoms with Gasteiger partial charge in [0.25, 0.3) is 0 Å². The molecular formula is C20H33N3O3. The van der Waals surface area contributed by atoms with Crippen molar-refractivity contribution in [3.8, 4) is 11.5 Å². The van der Waals surface area contributed by atoms with Gasteiger partial charge in [0.2, 0.25) is 0 Å². The lowest BCUT2D eigenvalue weighted by molar-refractivity contribution is 0.0742. The molecule has 0 radical (unpaired) electrons. The van der Waals surface area contributed by atoms with Gasteiger partial charge in [-0.1, -0.05) is 6.42 Å². The molecule has 1 fully saturated rings. The molecule has 0 aliphatic heterocycles. The molecule has 1 aliphatic rings.